The molecule has 0 fully saturated rings. The highest BCUT2D eigenvalue weighted by Crippen LogP contribution is 2.22. The highest BCUT2D eigenvalue weighted by Gasteiger charge is 1.98. The fourth-order valence-electron chi connectivity index (χ4n) is 0.796. The normalized spacial score (nSPS) is 9.09. The predicted octanol–water partition coefficient (Wildman–Crippen LogP) is 2.33. The van der Waals surface area contributed by atoms with Crippen molar-refractivity contribution < 1.29 is 5.11 Å². The molecule has 1 aromatic rings. The van der Waals surface area contributed by atoms with Crippen LogP contribution in [0.1, 0.15) is 5.56 Å². The first-order chi connectivity index (χ1) is 5.24. The third kappa shape index (κ3) is 1.99. The van der Waals surface area contributed by atoms with Crippen molar-refractivity contribution >= 4 is 15.9 Å². The standard InChI is InChI=1S/C9H7BrO/c1-2-3-7-4-5-8(10)6-9(7)11/h1,4-6,11H,3H2. The van der Waals surface area contributed by atoms with Crippen molar-refractivity contribution in [2.75, 3.05) is 0 Å². The van der Waals surface area contributed by atoms with Crippen molar-refractivity contribution in [2.24, 2.45) is 0 Å². The molecule has 0 heterocycles. The lowest BCUT2D eigenvalue weighted by Gasteiger charge is -1.99. The van der Waals surface area contributed by atoms with Gasteiger partial charge in [0.15, 0.2) is 0 Å². The summed E-state index contributed by atoms with van der Waals surface area (Å²) in [6.07, 6.45) is 5.57. The van der Waals surface area contributed by atoms with Crippen LogP contribution in [0.25, 0.3) is 0 Å². The van der Waals surface area contributed by atoms with Gasteiger partial charge in [-0.15, -0.1) is 12.3 Å². The minimum Gasteiger partial charge on any atom is -0.508 e. The second-order valence-electron chi connectivity index (χ2n) is 2.15. The molecule has 0 aromatic heterocycles. The SMILES string of the molecule is C#CCc1ccc(Br)cc1O. The molecule has 0 aliphatic heterocycles. The van der Waals surface area contributed by atoms with E-state index in [1.165, 1.54) is 0 Å². The van der Waals surface area contributed by atoms with Crippen molar-refractivity contribution in [1.82, 2.24) is 0 Å². The number of benzene rings is 1. The van der Waals surface area contributed by atoms with E-state index in [4.69, 9.17) is 6.42 Å². The van der Waals surface area contributed by atoms with Gasteiger partial charge < -0.3 is 5.11 Å². The molecule has 0 spiro atoms. The van der Waals surface area contributed by atoms with Crippen molar-refractivity contribution in [3.05, 3.63) is 28.2 Å². The monoisotopic (exact) mass is 210 g/mol. The Morgan fingerprint density at radius 3 is 2.82 bits per heavy atom. The Morgan fingerprint density at radius 2 is 2.27 bits per heavy atom. The molecule has 1 nitrogen and oxygen atoms in total. The van der Waals surface area contributed by atoms with Gasteiger partial charge in [0, 0.05) is 16.5 Å². The van der Waals surface area contributed by atoms with Gasteiger partial charge in [-0.25, -0.2) is 0 Å². The van der Waals surface area contributed by atoms with Crippen LogP contribution in [0.15, 0.2) is 22.7 Å². The molecule has 0 atom stereocenters. The number of halogens is 1. The van der Waals surface area contributed by atoms with Gasteiger partial charge in [-0.2, -0.15) is 0 Å². The number of terminal acetylenes is 1. The third-order valence-electron chi connectivity index (χ3n) is 1.34. The van der Waals surface area contributed by atoms with E-state index in [1.54, 1.807) is 12.1 Å². The lowest BCUT2D eigenvalue weighted by atomic mass is 10.1. The van der Waals surface area contributed by atoms with Gasteiger partial charge in [-0.1, -0.05) is 22.0 Å². The van der Waals surface area contributed by atoms with Crippen LogP contribution in [0, 0.1) is 12.3 Å². The second-order valence-corrected chi connectivity index (χ2v) is 3.07. The van der Waals surface area contributed by atoms with E-state index < -0.39 is 0 Å². The molecule has 1 aromatic carbocycles. The Hall–Kier alpha value is -0.940. The van der Waals surface area contributed by atoms with Gasteiger partial charge in [0.25, 0.3) is 0 Å². The first-order valence-electron chi connectivity index (χ1n) is 3.15. The molecule has 0 aliphatic carbocycles. The molecule has 56 valence electrons. The quantitative estimate of drug-likeness (QED) is 0.706. The van der Waals surface area contributed by atoms with Crippen LogP contribution in [-0.4, -0.2) is 5.11 Å². The van der Waals surface area contributed by atoms with Gasteiger partial charge >= 0.3 is 0 Å². The third-order valence-corrected chi connectivity index (χ3v) is 1.83. The van der Waals surface area contributed by atoms with Crippen LogP contribution >= 0.6 is 15.9 Å². The fraction of sp³-hybridized carbons (Fsp3) is 0.111. The molecule has 0 aliphatic rings. The molecule has 0 amide bonds. The summed E-state index contributed by atoms with van der Waals surface area (Å²) in [6, 6.07) is 5.29. The molecule has 2 heteroatoms. The highest BCUT2D eigenvalue weighted by atomic mass is 79.9. The molecule has 0 saturated carbocycles. The number of aromatic hydroxyl groups is 1. The summed E-state index contributed by atoms with van der Waals surface area (Å²) in [5, 5.41) is 9.30. The molecule has 0 unspecified atom stereocenters. The highest BCUT2D eigenvalue weighted by molar-refractivity contribution is 9.10. The number of phenols is 1. The number of rotatable bonds is 1. The molecule has 1 N–H and O–H groups in total. The lowest BCUT2D eigenvalue weighted by molar-refractivity contribution is 0.469. The Labute approximate surface area is 74.2 Å². The smallest absolute Gasteiger partial charge is 0.120 e. The van der Waals surface area contributed by atoms with E-state index in [0.717, 1.165) is 10.0 Å². The van der Waals surface area contributed by atoms with E-state index in [-0.39, 0.29) is 5.75 Å². The Kier molecular flexibility index (Phi) is 2.56. The molecule has 0 radical (unpaired) electrons. The summed E-state index contributed by atoms with van der Waals surface area (Å²) in [4.78, 5) is 0. The zero-order chi connectivity index (χ0) is 8.27. The summed E-state index contributed by atoms with van der Waals surface area (Å²) < 4.78 is 0.857. The zero-order valence-corrected chi connectivity index (χ0v) is 7.43. The molecular weight excluding hydrogens is 204 g/mol. The van der Waals surface area contributed by atoms with Gasteiger partial charge in [0.05, 0.1) is 0 Å². The maximum absolute atomic E-state index is 9.30. The summed E-state index contributed by atoms with van der Waals surface area (Å²) in [7, 11) is 0. The maximum atomic E-state index is 9.30. The Bertz CT molecular complexity index is 299. The number of phenolic OH excluding ortho intramolecular Hbond substituents is 1. The average Bonchev–Trinajstić information content (AvgIpc) is 1.95. The van der Waals surface area contributed by atoms with Crippen molar-refractivity contribution in [3.63, 3.8) is 0 Å². The van der Waals surface area contributed by atoms with Gasteiger partial charge in [-0.05, 0) is 12.1 Å². The summed E-state index contributed by atoms with van der Waals surface area (Å²) >= 11 is 3.24. The Balaban J connectivity index is 3.01. The van der Waals surface area contributed by atoms with Gasteiger partial charge in [0.1, 0.15) is 5.75 Å². The average molecular weight is 211 g/mol. The summed E-state index contributed by atoms with van der Waals surface area (Å²) in [5.41, 5.74) is 0.788. The molecular formula is C9H7BrO. The Morgan fingerprint density at radius 1 is 1.55 bits per heavy atom. The van der Waals surface area contributed by atoms with Crippen LogP contribution in [0.5, 0.6) is 5.75 Å². The first-order valence-corrected chi connectivity index (χ1v) is 3.94. The van der Waals surface area contributed by atoms with Crippen LogP contribution < -0.4 is 0 Å². The van der Waals surface area contributed by atoms with E-state index in [2.05, 4.69) is 21.9 Å². The fourth-order valence-corrected chi connectivity index (χ4v) is 1.15. The van der Waals surface area contributed by atoms with E-state index >= 15 is 0 Å². The van der Waals surface area contributed by atoms with Gasteiger partial charge in [0.2, 0.25) is 0 Å². The second kappa shape index (κ2) is 3.45. The largest absolute Gasteiger partial charge is 0.508 e. The molecule has 1 rings (SSSR count). The first kappa shape index (κ1) is 8.16. The van der Waals surface area contributed by atoms with E-state index in [0.29, 0.717) is 6.42 Å². The van der Waals surface area contributed by atoms with Crippen LogP contribution in [0.2, 0.25) is 0 Å². The van der Waals surface area contributed by atoms with E-state index in [9.17, 15) is 5.11 Å². The molecule has 11 heavy (non-hydrogen) atoms. The minimum atomic E-state index is 0.248. The van der Waals surface area contributed by atoms with Crippen LogP contribution in [-0.2, 0) is 6.42 Å². The summed E-state index contributed by atoms with van der Waals surface area (Å²) in [5.74, 6) is 2.72. The summed E-state index contributed by atoms with van der Waals surface area (Å²) in [6.45, 7) is 0. The predicted molar refractivity (Wildman–Crippen MR) is 48.3 cm³/mol. The lowest BCUT2D eigenvalue weighted by Crippen LogP contribution is -1.81. The van der Waals surface area contributed by atoms with Crippen molar-refractivity contribution in [1.29, 1.82) is 0 Å². The van der Waals surface area contributed by atoms with Gasteiger partial charge in [-0.3, -0.25) is 0 Å². The maximum Gasteiger partial charge on any atom is 0.120 e. The van der Waals surface area contributed by atoms with Crippen LogP contribution in [0.4, 0.5) is 0 Å². The zero-order valence-electron chi connectivity index (χ0n) is 5.84. The molecule has 0 bridgehead atoms. The van der Waals surface area contributed by atoms with Crippen molar-refractivity contribution in [3.8, 4) is 18.1 Å². The van der Waals surface area contributed by atoms with Crippen molar-refractivity contribution in [2.45, 2.75) is 6.42 Å². The number of hydrogen-bond acceptors (Lipinski definition) is 1. The molecule has 0 saturated heterocycles. The number of hydrogen-bond donors (Lipinski definition) is 1. The van der Waals surface area contributed by atoms with Crippen LogP contribution in [0.3, 0.4) is 0 Å². The topological polar surface area (TPSA) is 20.2 Å². The van der Waals surface area contributed by atoms with E-state index in [1.807, 2.05) is 6.07 Å². The minimum absolute atomic E-state index is 0.248.